The molecule has 0 saturated heterocycles. The second-order valence-electron chi connectivity index (χ2n) is 4.65. The first-order valence-corrected chi connectivity index (χ1v) is 6.13. The Hall–Kier alpha value is -1.35. The molecule has 0 aromatic heterocycles. The largest absolute Gasteiger partial charge is 0.468 e. The molecule has 17 heavy (non-hydrogen) atoms. The van der Waals surface area contributed by atoms with E-state index in [4.69, 9.17) is 5.73 Å². The number of hydrogen-bond donors (Lipinski definition) is 1. The predicted octanol–water partition coefficient (Wildman–Crippen LogP) is 2.00. The molecule has 0 bridgehead atoms. The number of carbonyl (C=O) groups excluding carboxylic acids is 1. The number of benzene rings is 1. The Morgan fingerprint density at radius 3 is 3.06 bits per heavy atom. The molecule has 0 radical (unpaired) electrons. The number of esters is 1. The van der Waals surface area contributed by atoms with Gasteiger partial charge in [0, 0.05) is 0 Å². The van der Waals surface area contributed by atoms with Crippen LogP contribution >= 0.6 is 0 Å². The Bertz CT molecular complexity index is 403. The summed E-state index contributed by atoms with van der Waals surface area (Å²) in [4.78, 5) is 11.4. The summed E-state index contributed by atoms with van der Waals surface area (Å²) < 4.78 is 4.68. The van der Waals surface area contributed by atoms with Gasteiger partial charge in [0.15, 0.2) is 0 Å². The summed E-state index contributed by atoms with van der Waals surface area (Å²) in [5, 5.41) is 0. The summed E-state index contributed by atoms with van der Waals surface area (Å²) in [6, 6.07) is 7.95. The van der Waals surface area contributed by atoms with Crippen LogP contribution < -0.4 is 5.73 Å². The van der Waals surface area contributed by atoms with Crippen molar-refractivity contribution in [2.75, 3.05) is 7.11 Å². The van der Waals surface area contributed by atoms with Gasteiger partial charge in [0.05, 0.1) is 7.11 Å². The number of nitrogens with two attached hydrogens (primary N) is 1. The molecule has 0 fully saturated rings. The summed E-state index contributed by atoms with van der Waals surface area (Å²) in [6.07, 6.45) is 4.11. The molecule has 2 rings (SSSR count). The number of aryl methyl sites for hydroxylation is 1. The fraction of sp³-hybridized carbons (Fsp3) is 0.500. The fourth-order valence-corrected chi connectivity index (χ4v) is 2.65. The topological polar surface area (TPSA) is 52.3 Å². The van der Waals surface area contributed by atoms with Gasteiger partial charge in [-0.25, -0.2) is 0 Å². The molecule has 0 heterocycles. The van der Waals surface area contributed by atoms with Gasteiger partial charge in [-0.05, 0) is 42.7 Å². The van der Waals surface area contributed by atoms with E-state index in [1.807, 2.05) is 0 Å². The van der Waals surface area contributed by atoms with Gasteiger partial charge >= 0.3 is 5.97 Å². The standard InChI is InChI=1S/C14H19NO2/c1-17-14(16)13(15)9-11-7-4-6-10-5-2-3-8-12(10)11/h2-3,5,8,11,13H,4,6-7,9,15H2,1H3/t11-,13+/m0/s1. The molecule has 2 atom stereocenters. The van der Waals surface area contributed by atoms with Gasteiger partial charge in [0.1, 0.15) is 6.04 Å². The van der Waals surface area contributed by atoms with Crippen molar-refractivity contribution in [2.24, 2.45) is 5.73 Å². The second-order valence-corrected chi connectivity index (χ2v) is 4.65. The normalized spacial score (nSPS) is 20.5. The van der Waals surface area contributed by atoms with Crippen molar-refractivity contribution in [1.82, 2.24) is 0 Å². The van der Waals surface area contributed by atoms with Crippen LogP contribution in [0.5, 0.6) is 0 Å². The molecular weight excluding hydrogens is 214 g/mol. The van der Waals surface area contributed by atoms with Crippen molar-refractivity contribution in [2.45, 2.75) is 37.6 Å². The summed E-state index contributed by atoms with van der Waals surface area (Å²) in [6.45, 7) is 0. The van der Waals surface area contributed by atoms with E-state index in [-0.39, 0.29) is 5.97 Å². The third-order valence-corrected chi connectivity index (χ3v) is 3.54. The van der Waals surface area contributed by atoms with Gasteiger partial charge < -0.3 is 10.5 Å². The van der Waals surface area contributed by atoms with Crippen LogP contribution in [0.25, 0.3) is 0 Å². The lowest BCUT2D eigenvalue weighted by Crippen LogP contribution is -2.33. The van der Waals surface area contributed by atoms with Crippen molar-refractivity contribution in [3.8, 4) is 0 Å². The van der Waals surface area contributed by atoms with Crippen molar-refractivity contribution in [3.63, 3.8) is 0 Å². The van der Waals surface area contributed by atoms with Crippen LogP contribution in [0.1, 0.15) is 36.3 Å². The molecular formula is C14H19NO2. The van der Waals surface area contributed by atoms with Gasteiger partial charge in [-0.2, -0.15) is 0 Å². The van der Waals surface area contributed by atoms with E-state index in [1.54, 1.807) is 0 Å². The lowest BCUT2D eigenvalue weighted by atomic mass is 9.80. The number of carbonyl (C=O) groups is 1. The van der Waals surface area contributed by atoms with Gasteiger partial charge in [-0.3, -0.25) is 4.79 Å². The number of rotatable bonds is 3. The fourth-order valence-electron chi connectivity index (χ4n) is 2.65. The van der Waals surface area contributed by atoms with Crippen LogP contribution in [-0.4, -0.2) is 19.1 Å². The third-order valence-electron chi connectivity index (χ3n) is 3.54. The quantitative estimate of drug-likeness (QED) is 0.812. The van der Waals surface area contributed by atoms with E-state index >= 15 is 0 Å². The van der Waals surface area contributed by atoms with Crippen LogP contribution in [0.2, 0.25) is 0 Å². The Morgan fingerprint density at radius 1 is 1.53 bits per heavy atom. The molecule has 0 aliphatic heterocycles. The van der Waals surface area contributed by atoms with E-state index in [9.17, 15) is 4.79 Å². The maximum Gasteiger partial charge on any atom is 0.322 e. The highest BCUT2D eigenvalue weighted by molar-refractivity contribution is 5.75. The molecule has 1 aliphatic rings. The Balaban J connectivity index is 2.11. The van der Waals surface area contributed by atoms with E-state index in [1.165, 1.54) is 24.7 Å². The smallest absolute Gasteiger partial charge is 0.322 e. The monoisotopic (exact) mass is 233 g/mol. The average Bonchev–Trinajstić information content (AvgIpc) is 2.38. The molecule has 1 aromatic carbocycles. The van der Waals surface area contributed by atoms with Gasteiger partial charge in [-0.1, -0.05) is 24.3 Å². The van der Waals surface area contributed by atoms with Crippen molar-refractivity contribution in [3.05, 3.63) is 35.4 Å². The minimum Gasteiger partial charge on any atom is -0.468 e. The van der Waals surface area contributed by atoms with Crippen molar-refractivity contribution in [1.29, 1.82) is 0 Å². The minimum absolute atomic E-state index is 0.312. The zero-order valence-electron chi connectivity index (χ0n) is 10.2. The first-order chi connectivity index (χ1) is 8.22. The maximum atomic E-state index is 11.4. The maximum absolute atomic E-state index is 11.4. The number of methoxy groups -OCH3 is 1. The van der Waals surface area contributed by atoms with Crippen LogP contribution in [0.15, 0.2) is 24.3 Å². The zero-order chi connectivity index (χ0) is 12.3. The number of ether oxygens (including phenoxy) is 1. The molecule has 1 aromatic rings. The molecule has 1 aliphatic carbocycles. The molecule has 2 N–H and O–H groups in total. The average molecular weight is 233 g/mol. The van der Waals surface area contributed by atoms with Crippen LogP contribution in [0, 0.1) is 0 Å². The molecule has 92 valence electrons. The second kappa shape index (κ2) is 5.32. The highest BCUT2D eigenvalue weighted by Crippen LogP contribution is 2.34. The minimum atomic E-state index is -0.504. The Kier molecular flexibility index (Phi) is 3.79. The molecule has 0 unspecified atom stereocenters. The summed E-state index contributed by atoms with van der Waals surface area (Å²) in [7, 11) is 1.39. The van der Waals surface area contributed by atoms with Gasteiger partial charge in [-0.15, -0.1) is 0 Å². The summed E-state index contributed by atoms with van der Waals surface area (Å²) in [5.74, 6) is 0.0853. The van der Waals surface area contributed by atoms with Gasteiger partial charge in [0.2, 0.25) is 0 Å². The SMILES string of the molecule is COC(=O)[C@H](N)C[C@@H]1CCCc2ccccc21. The van der Waals surface area contributed by atoms with E-state index in [0.717, 1.165) is 12.8 Å². The van der Waals surface area contributed by atoms with Crippen LogP contribution in [0.4, 0.5) is 0 Å². The van der Waals surface area contributed by atoms with Crippen LogP contribution in [0.3, 0.4) is 0 Å². The molecule has 0 amide bonds. The third kappa shape index (κ3) is 2.67. The zero-order valence-corrected chi connectivity index (χ0v) is 10.2. The lowest BCUT2D eigenvalue weighted by Gasteiger charge is -2.26. The highest BCUT2D eigenvalue weighted by atomic mass is 16.5. The van der Waals surface area contributed by atoms with Crippen LogP contribution in [-0.2, 0) is 16.0 Å². The first-order valence-electron chi connectivity index (χ1n) is 6.13. The molecule has 3 nitrogen and oxygen atoms in total. The van der Waals surface area contributed by atoms with E-state index < -0.39 is 6.04 Å². The van der Waals surface area contributed by atoms with Gasteiger partial charge in [0.25, 0.3) is 0 Å². The number of hydrogen-bond acceptors (Lipinski definition) is 3. The van der Waals surface area contributed by atoms with Crippen molar-refractivity contribution < 1.29 is 9.53 Å². The molecule has 0 saturated carbocycles. The van der Waals surface area contributed by atoms with Crippen molar-refractivity contribution >= 4 is 5.97 Å². The van der Waals surface area contributed by atoms with E-state index in [0.29, 0.717) is 12.3 Å². The lowest BCUT2D eigenvalue weighted by molar-refractivity contribution is -0.142. The van der Waals surface area contributed by atoms with E-state index in [2.05, 4.69) is 29.0 Å². The first kappa shape index (κ1) is 12.1. The summed E-state index contributed by atoms with van der Waals surface area (Å²) in [5.41, 5.74) is 8.60. The molecule has 3 heteroatoms. The Morgan fingerprint density at radius 2 is 2.29 bits per heavy atom. The predicted molar refractivity (Wildman–Crippen MR) is 66.7 cm³/mol. The number of fused-ring (bicyclic) bond motifs is 1. The highest BCUT2D eigenvalue weighted by Gasteiger charge is 2.25. The summed E-state index contributed by atoms with van der Waals surface area (Å²) >= 11 is 0. The Labute approximate surface area is 102 Å². The molecule has 0 spiro atoms.